The molecule has 2 saturated heterocycles. The Bertz CT molecular complexity index is 682. The molecular formula is C18H24ClN3O3. The highest BCUT2D eigenvalue weighted by molar-refractivity contribution is 6.31. The molecule has 7 heteroatoms. The van der Waals surface area contributed by atoms with Crippen LogP contribution < -0.4 is 5.32 Å². The zero-order chi connectivity index (χ0) is 18.0. The summed E-state index contributed by atoms with van der Waals surface area (Å²) in [4.78, 5) is 27.7. The van der Waals surface area contributed by atoms with Crippen molar-refractivity contribution in [2.75, 3.05) is 38.5 Å². The molecule has 0 bridgehead atoms. The molecular weight excluding hydrogens is 342 g/mol. The molecule has 2 fully saturated rings. The average molecular weight is 366 g/mol. The molecule has 2 aliphatic heterocycles. The number of ether oxygens (including phenoxy) is 1. The normalized spacial score (nSPS) is 23.8. The van der Waals surface area contributed by atoms with E-state index in [4.69, 9.17) is 16.3 Å². The Hall–Kier alpha value is -1.79. The smallest absolute Gasteiger partial charge is 0.410 e. The van der Waals surface area contributed by atoms with E-state index in [0.717, 1.165) is 24.9 Å². The van der Waals surface area contributed by atoms with Crippen LogP contribution in [-0.2, 0) is 9.53 Å². The van der Waals surface area contributed by atoms with Crippen molar-refractivity contribution in [2.45, 2.75) is 31.8 Å². The molecule has 1 spiro atoms. The van der Waals surface area contributed by atoms with Crippen molar-refractivity contribution in [2.24, 2.45) is 0 Å². The maximum absolute atomic E-state index is 12.2. The fourth-order valence-electron chi connectivity index (χ4n) is 3.54. The second kappa shape index (κ2) is 7.22. The third-order valence-corrected chi connectivity index (χ3v) is 5.28. The summed E-state index contributed by atoms with van der Waals surface area (Å²) in [6.07, 6.45) is 1.99. The zero-order valence-corrected chi connectivity index (χ0v) is 15.4. The van der Waals surface area contributed by atoms with Crippen molar-refractivity contribution in [1.29, 1.82) is 0 Å². The molecule has 1 aromatic rings. The quantitative estimate of drug-likeness (QED) is 0.891. The molecule has 0 unspecified atom stereocenters. The number of carbonyl (C=O) groups is 2. The van der Waals surface area contributed by atoms with Crippen LogP contribution in [0.5, 0.6) is 0 Å². The summed E-state index contributed by atoms with van der Waals surface area (Å²) in [5, 5.41) is 3.52. The predicted molar refractivity (Wildman–Crippen MR) is 97.0 cm³/mol. The molecule has 0 radical (unpaired) electrons. The van der Waals surface area contributed by atoms with Crippen molar-refractivity contribution in [3.8, 4) is 0 Å². The topological polar surface area (TPSA) is 61.9 Å². The number of aryl methyl sites for hydroxylation is 1. The number of carbonyl (C=O) groups excluding carboxylic acids is 2. The Balaban J connectivity index is 1.50. The first-order valence-corrected chi connectivity index (χ1v) is 8.97. The van der Waals surface area contributed by atoms with Crippen LogP contribution in [0.3, 0.4) is 0 Å². The van der Waals surface area contributed by atoms with E-state index in [1.807, 2.05) is 19.1 Å². The van der Waals surface area contributed by atoms with Gasteiger partial charge in [0.05, 0.1) is 6.54 Å². The Morgan fingerprint density at radius 1 is 1.40 bits per heavy atom. The van der Waals surface area contributed by atoms with Crippen molar-refractivity contribution in [3.05, 3.63) is 28.8 Å². The van der Waals surface area contributed by atoms with E-state index in [9.17, 15) is 9.59 Å². The van der Waals surface area contributed by atoms with Gasteiger partial charge in [0, 0.05) is 37.3 Å². The van der Waals surface area contributed by atoms with Gasteiger partial charge in [-0.05, 0) is 44.0 Å². The van der Waals surface area contributed by atoms with Gasteiger partial charge in [0.25, 0.3) is 0 Å². The van der Waals surface area contributed by atoms with Crippen LogP contribution in [-0.4, -0.2) is 60.6 Å². The van der Waals surface area contributed by atoms with Gasteiger partial charge in [-0.3, -0.25) is 9.69 Å². The number of rotatable bonds is 4. The molecule has 25 heavy (non-hydrogen) atoms. The third-order valence-electron chi connectivity index (χ3n) is 4.87. The summed E-state index contributed by atoms with van der Waals surface area (Å²) >= 11 is 6.08. The Morgan fingerprint density at radius 2 is 2.20 bits per heavy atom. The highest BCUT2D eigenvalue weighted by atomic mass is 35.5. The summed E-state index contributed by atoms with van der Waals surface area (Å²) in [6.45, 7) is 4.80. The molecule has 1 aromatic carbocycles. The Labute approximate surface area is 153 Å². The number of hydrogen-bond acceptors (Lipinski definition) is 4. The molecule has 1 N–H and O–H groups in total. The van der Waals surface area contributed by atoms with Crippen LogP contribution in [0, 0.1) is 6.92 Å². The minimum Gasteiger partial charge on any atom is -0.440 e. The lowest BCUT2D eigenvalue weighted by Crippen LogP contribution is -2.50. The molecule has 2 heterocycles. The second-order valence-corrected chi connectivity index (χ2v) is 7.46. The number of hydrogen-bond donors (Lipinski definition) is 1. The van der Waals surface area contributed by atoms with E-state index in [1.54, 1.807) is 18.0 Å². The van der Waals surface area contributed by atoms with Gasteiger partial charge < -0.3 is 15.0 Å². The molecule has 0 aromatic heterocycles. The highest BCUT2D eigenvalue weighted by Gasteiger charge is 2.46. The number of nitrogens with zero attached hydrogens (tertiary/aromatic N) is 2. The first-order valence-electron chi connectivity index (χ1n) is 8.59. The molecule has 6 nitrogen and oxygen atoms in total. The van der Waals surface area contributed by atoms with Crippen molar-refractivity contribution in [1.82, 2.24) is 9.80 Å². The maximum atomic E-state index is 12.2. The summed E-state index contributed by atoms with van der Waals surface area (Å²) in [6, 6.07) is 5.50. The van der Waals surface area contributed by atoms with Gasteiger partial charge in [0.2, 0.25) is 5.91 Å². The largest absolute Gasteiger partial charge is 0.440 e. The van der Waals surface area contributed by atoms with Gasteiger partial charge in [0.15, 0.2) is 0 Å². The molecule has 1 atom stereocenters. The zero-order valence-electron chi connectivity index (χ0n) is 14.7. The summed E-state index contributed by atoms with van der Waals surface area (Å²) in [5.74, 6) is -0.0416. The number of likely N-dealkylation sites (N-methyl/N-ethyl adjacent to an activating group) is 1. The number of anilines is 1. The first kappa shape index (κ1) is 18.0. The highest BCUT2D eigenvalue weighted by Crippen LogP contribution is 2.31. The van der Waals surface area contributed by atoms with Crippen LogP contribution in [0.2, 0.25) is 5.02 Å². The van der Waals surface area contributed by atoms with Gasteiger partial charge in [-0.1, -0.05) is 17.7 Å². The van der Waals surface area contributed by atoms with Gasteiger partial charge >= 0.3 is 6.09 Å². The number of piperidine rings is 1. The SMILES string of the molecule is Cc1ccc(NC(=O)CCN2CCC[C@]3(C2)CN(C)C(=O)O3)cc1Cl. The summed E-state index contributed by atoms with van der Waals surface area (Å²) < 4.78 is 5.59. The van der Waals surface area contributed by atoms with Gasteiger partial charge in [-0.2, -0.15) is 0 Å². The summed E-state index contributed by atoms with van der Waals surface area (Å²) in [7, 11) is 1.76. The monoisotopic (exact) mass is 365 g/mol. The number of benzene rings is 1. The fraction of sp³-hybridized carbons (Fsp3) is 0.556. The molecule has 136 valence electrons. The van der Waals surface area contributed by atoms with Gasteiger partial charge in [-0.15, -0.1) is 0 Å². The Kier molecular flexibility index (Phi) is 5.20. The van der Waals surface area contributed by atoms with Gasteiger partial charge in [0.1, 0.15) is 5.60 Å². The standard InChI is InChI=1S/C18H24ClN3O3/c1-13-4-5-14(10-15(13)19)20-16(23)6-9-22-8-3-7-18(12-22)11-21(2)17(24)25-18/h4-5,10H,3,6-9,11-12H2,1-2H3,(H,20,23)/t18-/m1/s1. The van der Waals surface area contributed by atoms with Crippen molar-refractivity contribution >= 4 is 29.3 Å². The number of amides is 2. The predicted octanol–water partition coefficient (Wildman–Crippen LogP) is 2.89. The van der Waals surface area contributed by atoms with Crippen LogP contribution in [0.4, 0.5) is 10.5 Å². The van der Waals surface area contributed by atoms with E-state index < -0.39 is 5.60 Å². The van der Waals surface area contributed by atoms with Gasteiger partial charge in [-0.25, -0.2) is 4.79 Å². The van der Waals surface area contributed by atoms with Crippen LogP contribution in [0.15, 0.2) is 18.2 Å². The minimum atomic E-state index is -0.412. The number of likely N-dealkylation sites (tertiary alicyclic amines) is 1. The molecule has 2 amide bonds. The van der Waals surface area contributed by atoms with Crippen LogP contribution in [0.25, 0.3) is 0 Å². The third kappa shape index (κ3) is 4.25. The lowest BCUT2D eigenvalue weighted by atomic mass is 9.92. The summed E-state index contributed by atoms with van der Waals surface area (Å²) in [5.41, 5.74) is 1.28. The number of halogens is 1. The fourth-order valence-corrected chi connectivity index (χ4v) is 3.72. The molecule has 0 saturated carbocycles. The number of nitrogens with one attached hydrogen (secondary N) is 1. The van der Waals surface area contributed by atoms with E-state index in [0.29, 0.717) is 36.8 Å². The first-order chi connectivity index (χ1) is 11.9. The lowest BCUT2D eigenvalue weighted by molar-refractivity contribution is -0.116. The van der Waals surface area contributed by atoms with Crippen LogP contribution >= 0.6 is 11.6 Å². The van der Waals surface area contributed by atoms with Crippen molar-refractivity contribution in [3.63, 3.8) is 0 Å². The maximum Gasteiger partial charge on any atom is 0.410 e. The van der Waals surface area contributed by atoms with E-state index in [-0.39, 0.29) is 12.0 Å². The van der Waals surface area contributed by atoms with Crippen molar-refractivity contribution < 1.29 is 14.3 Å². The van der Waals surface area contributed by atoms with E-state index in [2.05, 4.69) is 10.2 Å². The molecule has 2 aliphatic rings. The van der Waals surface area contributed by atoms with Crippen LogP contribution in [0.1, 0.15) is 24.8 Å². The lowest BCUT2D eigenvalue weighted by Gasteiger charge is -2.38. The molecule has 0 aliphatic carbocycles. The van der Waals surface area contributed by atoms with E-state index in [1.165, 1.54) is 0 Å². The van der Waals surface area contributed by atoms with E-state index >= 15 is 0 Å². The minimum absolute atomic E-state index is 0.0416. The Morgan fingerprint density at radius 3 is 2.88 bits per heavy atom. The molecule has 3 rings (SSSR count). The second-order valence-electron chi connectivity index (χ2n) is 7.05. The average Bonchev–Trinajstić information content (AvgIpc) is 2.82.